The van der Waals surface area contributed by atoms with Gasteiger partial charge in [0.15, 0.2) is 15.6 Å². The third-order valence-electron chi connectivity index (χ3n) is 1.42. The molecular weight excluding hydrogens is 232 g/mol. The molecule has 0 aliphatic carbocycles. The first-order valence-electron chi connectivity index (χ1n) is 3.52. The first-order chi connectivity index (χ1) is 6.02. The second-order valence-corrected chi connectivity index (χ2v) is 4.46. The van der Waals surface area contributed by atoms with E-state index in [1.165, 1.54) is 12.1 Å². The minimum Gasteiger partial charge on any atom is -1.00 e. The van der Waals surface area contributed by atoms with Crippen LogP contribution in [0.25, 0.3) is 0 Å². The summed E-state index contributed by atoms with van der Waals surface area (Å²) in [6, 6.07) is 7.51. The van der Waals surface area contributed by atoms with Crippen LogP contribution in [0.5, 0.6) is 0 Å². The molecule has 1 aromatic carbocycles. The smallest absolute Gasteiger partial charge is 1.00 e. The normalized spacial score (nSPS) is 10.3. The minimum atomic E-state index is -3.66. The Balaban J connectivity index is -0.000000563. The van der Waals surface area contributed by atoms with E-state index in [1.54, 1.807) is 18.2 Å². The molecule has 0 radical (unpaired) electrons. The number of rotatable bonds is 3. The third-order valence-corrected chi connectivity index (χ3v) is 3.03. The number of carbonyl (C=O) groups is 1. The van der Waals surface area contributed by atoms with E-state index in [9.17, 15) is 13.2 Å². The van der Waals surface area contributed by atoms with Crippen LogP contribution < -0.4 is 0 Å². The van der Waals surface area contributed by atoms with Gasteiger partial charge in [0.05, 0.1) is 4.90 Å². The van der Waals surface area contributed by atoms with Crippen molar-refractivity contribution in [1.29, 1.82) is 0 Å². The van der Waals surface area contributed by atoms with E-state index < -0.39 is 21.6 Å². The molecule has 0 fully saturated rings. The molecule has 1 aromatic rings. The Labute approximate surface area is 115 Å². The van der Waals surface area contributed by atoms with Crippen LogP contribution in [0, 0.1) is 0 Å². The zero-order valence-electron chi connectivity index (χ0n) is 9.38. The predicted octanol–water partition coefficient (Wildman–Crippen LogP) is 0.389. The van der Waals surface area contributed by atoms with Gasteiger partial charge in [0, 0.05) is 0 Å². The molecule has 0 atom stereocenters. The molecule has 4 nitrogen and oxygen atoms in total. The van der Waals surface area contributed by atoms with E-state index in [1.807, 2.05) is 0 Å². The fraction of sp³-hybridized carbons (Fsp3) is 0.125. The van der Waals surface area contributed by atoms with E-state index in [0.717, 1.165) is 0 Å². The monoisotopic (exact) mass is 242 g/mol. The fourth-order valence-corrected chi connectivity index (χ4v) is 1.94. The second kappa shape index (κ2) is 5.70. The molecule has 0 heterocycles. The predicted molar refractivity (Wildman–Crippen MR) is 54.1 cm³/mol. The van der Waals surface area contributed by atoms with Crippen molar-refractivity contribution in [3.63, 3.8) is 0 Å². The van der Waals surface area contributed by atoms with Crippen molar-refractivity contribution >= 4 is 53.5 Å². The molecule has 0 saturated heterocycles. The molecule has 6 heteroatoms. The summed E-state index contributed by atoms with van der Waals surface area (Å²) in [5, 5.41) is 8.33. The molecule has 0 unspecified atom stereocenters. The van der Waals surface area contributed by atoms with Crippen molar-refractivity contribution in [3.05, 3.63) is 30.3 Å². The number of hydrogen-bond acceptors (Lipinski definition) is 3. The third kappa shape index (κ3) is 3.96. The standard InChI is InChI=1S/C8H8O4S.Ca.2H/c9-8(10)6-13(11,12)7-4-2-1-3-5-7;;;/h1-5H,6H2,(H,9,10);;;/q;+2;2*-1. The Morgan fingerprint density at radius 1 is 1.29 bits per heavy atom. The molecule has 0 aromatic heterocycles. The Kier molecular flexibility index (Phi) is 5.66. The number of benzene rings is 1. The average Bonchev–Trinajstić information content (AvgIpc) is 2.04. The zero-order valence-corrected chi connectivity index (χ0v) is 10.4. The summed E-state index contributed by atoms with van der Waals surface area (Å²) < 4.78 is 22.5. The van der Waals surface area contributed by atoms with Crippen molar-refractivity contribution < 1.29 is 21.2 Å². The Morgan fingerprint density at radius 2 is 1.79 bits per heavy atom. The Hall–Kier alpha value is -0.100. The van der Waals surface area contributed by atoms with Gasteiger partial charge in [0.1, 0.15) is 0 Å². The van der Waals surface area contributed by atoms with Gasteiger partial charge in [-0.3, -0.25) is 4.79 Å². The van der Waals surface area contributed by atoms with Crippen molar-refractivity contribution in [2.75, 3.05) is 5.75 Å². The molecule has 0 bridgehead atoms. The number of carboxylic acids is 1. The first-order valence-corrected chi connectivity index (χ1v) is 5.17. The maximum atomic E-state index is 11.3. The summed E-state index contributed by atoms with van der Waals surface area (Å²) in [5.41, 5.74) is 0. The van der Waals surface area contributed by atoms with Crippen LogP contribution in [0.4, 0.5) is 0 Å². The Bertz CT molecular complexity index is 407. The summed E-state index contributed by atoms with van der Waals surface area (Å²) in [6.07, 6.45) is 0. The summed E-state index contributed by atoms with van der Waals surface area (Å²) >= 11 is 0. The van der Waals surface area contributed by atoms with Crippen LogP contribution >= 0.6 is 0 Å². The van der Waals surface area contributed by atoms with E-state index >= 15 is 0 Å². The van der Waals surface area contributed by atoms with E-state index in [-0.39, 0.29) is 45.5 Å². The largest absolute Gasteiger partial charge is 2.00 e. The van der Waals surface area contributed by atoms with Gasteiger partial charge in [-0.05, 0) is 12.1 Å². The van der Waals surface area contributed by atoms with Gasteiger partial charge >= 0.3 is 43.7 Å². The van der Waals surface area contributed by atoms with Gasteiger partial charge in [0.2, 0.25) is 0 Å². The molecule has 74 valence electrons. The molecule has 0 saturated carbocycles. The summed E-state index contributed by atoms with van der Waals surface area (Å²) in [4.78, 5) is 10.2. The fourth-order valence-electron chi connectivity index (χ4n) is 0.874. The van der Waals surface area contributed by atoms with Crippen molar-refractivity contribution in [2.24, 2.45) is 0 Å². The summed E-state index contributed by atoms with van der Waals surface area (Å²) in [6.45, 7) is 0. The number of carboxylic acid groups (broad SMARTS) is 1. The zero-order chi connectivity index (χ0) is 9.90. The molecular formula is C8H10CaO4S. The van der Waals surface area contributed by atoms with Gasteiger partial charge in [-0.15, -0.1) is 0 Å². The quantitative estimate of drug-likeness (QED) is 0.778. The molecule has 14 heavy (non-hydrogen) atoms. The Morgan fingerprint density at radius 3 is 2.21 bits per heavy atom. The molecule has 0 spiro atoms. The van der Waals surface area contributed by atoms with Crippen LogP contribution in [0.2, 0.25) is 0 Å². The maximum absolute atomic E-state index is 11.3. The van der Waals surface area contributed by atoms with Crippen molar-refractivity contribution in [1.82, 2.24) is 0 Å². The van der Waals surface area contributed by atoms with Gasteiger partial charge in [-0.25, -0.2) is 8.42 Å². The van der Waals surface area contributed by atoms with Crippen molar-refractivity contribution in [3.8, 4) is 0 Å². The first kappa shape index (κ1) is 13.9. The van der Waals surface area contributed by atoms with Crippen LogP contribution in [-0.2, 0) is 14.6 Å². The van der Waals surface area contributed by atoms with Gasteiger partial charge in [-0.2, -0.15) is 0 Å². The molecule has 1 rings (SSSR count). The number of sulfone groups is 1. The summed E-state index contributed by atoms with van der Waals surface area (Å²) in [5.74, 6) is -2.21. The van der Waals surface area contributed by atoms with Crippen LogP contribution in [-0.4, -0.2) is 63.0 Å². The van der Waals surface area contributed by atoms with Crippen LogP contribution in [0.3, 0.4) is 0 Å². The van der Waals surface area contributed by atoms with E-state index in [4.69, 9.17) is 5.11 Å². The van der Waals surface area contributed by atoms with E-state index in [0.29, 0.717) is 0 Å². The van der Waals surface area contributed by atoms with E-state index in [2.05, 4.69) is 0 Å². The topological polar surface area (TPSA) is 71.4 Å². The molecule has 0 aliphatic heterocycles. The van der Waals surface area contributed by atoms with Gasteiger partial charge in [-0.1, -0.05) is 18.2 Å². The van der Waals surface area contributed by atoms with Gasteiger partial charge in [0.25, 0.3) is 0 Å². The summed E-state index contributed by atoms with van der Waals surface area (Å²) in [7, 11) is -3.66. The average molecular weight is 242 g/mol. The van der Waals surface area contributed by atoms with Crippen LogP contribution in [0.15, 0.2) is 35.2 Å². The second-order valence-electron chi connectivity index (χ2n) is 2.47. The minimum absolute atomic E-state index is 0. The molecule has 0 amide bonds. The maximum Gasteiger partial charge on any atom is 2.00 e. The molecule has 1 N–H and O–H groups in total. The number of aliphatic carboxylic acids is 1. The van der Waals surface area contributed by atoms with Gasteiger partial charge < -0.3 is 7.96 Å². The molecule has 0 aliphatic rings. The number of hydrogen-bond donors (Lipinski definition) is 1. The SMILES string of the molecule is O=C(O)CS(=O)(=O)c1ccccc1.[Ca+2].[H-].[H-]. The van der Waals surface area contributed by atoms with Crippen molar-refractivity contribution in [2.45, 2.75) is 4.90 Å². The van der Waals surface area contributed by atoms with Crippen LogP contribution in [0.1, 0.15) is 2.85 Å².